The van der Waals surface area contributed by atoms with Gasteiger partial charge in [-0.2, -0.15) is 0 Å². The monoisotopic (exact) mass is 467 g/mol. The molecule has 0 radical (unpaired) electrons. The fourth-order valence-corrected chi connectivity index (χ4v) is 4.60. The molecular formula is C26H30ClN3O3. The van der Waals surface area contributed by atoms with Gasteiger partial charge in [-0.3, -0.25) is 4.79 Å². The van der Waals surface area contributed by atoms with Gasteiger partial charge in [0.1, 0.15) is 5.15 Å². The van der Waals surface area contributed by atoms with Crippen LogP contribution in [0.4, 0.5) is 5.69 Å². The number of nitrogens with zero attached hydrogens (tertiary/aromatic N) is 2. The third kappa shape index (κ3) is 6.26. The van der Waals surface area contributed by atoms with Crippen molar-refractivity contribution in [3.8, 4) is 11.8 Å². The fourth-order valence-electron chi connectivity index (χ4n) is 4.45. The van der Waals surface area contributed by atoms with E-state index < -0.39 is 0 Å². The Balaban J connectivity index is 1.43. The average Bonchev–Trinajstić information content (AvgIpc) is 2.84. The predicted molar refractivity (Wildman–Crippen MR) is 129 cm³/mol. The summed E-state index contributed by atoms with van der Waals surface area (Å²) in [7, 11) is 0. The zero-order valence-electron chi connectivity index (χ0n) is 18.6. The molecule has 6 nitrogen and oxygen atoms in total. The van der Waals surface area contributed by atoms with Crippen LogP contribution >= 0.6 is 11.6 Å². The minimum absolute atomic E-state index is 0.00860. The number of pyridine rings is 1. The van der Waals surface area contributed by atoms with Crippen molar-refractivity contribution in [1.82, 2.24) is 9.88 Å². The van der Waals surface area contributed by atoms with Crippen molar-refractivity contribution in [3.05, 3.63) is 58.4 Å². The SMILES string of the molecule is O=C(c1ccc(C#Cc2cnc(Cl)cc2NC2CCC(CO)CC2)cc1)N1CCC(O)CC1. The number of aliphatic hydroxyl groups is 2. The number of piperidine rings is 1. The van der Waals surface area contributed by atoms with E-state index in [9.17, 15) is 15.0 Å². The molecule has 2 aliphatic rings. The number of nitrogens with one attached hydrogen (secondary N) is 1. The second-order valence-electron chi connectivity index (χ2n) is 8.95. The molecule has 0 spiro atoms. The second kappa shape index (κ2) is 11.0. The molecule has 1 saturated carbocycles. The van der Waals surface area contributed by atoms with Gasteiger partial charge in [-0.25, -0.2) is 4.98 Å². The predicted octanol–water partition coefficient (Wildman–Crippen LogP) is 3.69. The quantitative estimate of drug-likeness (QED) is 0.471. The summed E-state index contributed by atoms with van der Waals surface area (Å²) in [5, 5.41) is 23.0. The number of aliphatic hydroxyl groups excluding tert-OH is 2. The molecule has 1 amide bonds. The normalized spacial score (nSPS) is 21.2. The summed E-state index contributed by atoms with van der Waals surface area (Å²) in [4.78, 5) is 18.6. The number of aromatic nitrogens is 1. The van der Waals surface area contributed by atoms with E-state index in [2.05, 4.69) is 22.1 Å². The van der Waals surface area contributed by atoms with E-state index in [1.54, 1.807) is 29.3 Å². The molecule has 2 fully saturated rings. The average molecular weight is 468 g/mol. The molecule has 1 aromatic carbocycles. The maximum Gasteiger partial charge on any atom is 0.253 e. The van der Waals surface area contributed by atoms with E-state index in [0.29, 0.717) is 48.6 Å². The van der Waals surface area contributed by atoms with Gasteiger partial charge in [0.2, 0.25) is 0 Å². The highest BCUT2D eigenvalue weighted by molar-refractivity contribution is 6.29. The van der Waals surface area contributed by atoms with Crippen molar-refractivity contribution >= 4 is 23.2 Å². The van der Waals surface area contributed by atoms with Gasteiger partial charge in [-0.1, -0.05) is 23.4 Å². The lowest BCUT2D eigenvalue weighted by Crippen LogP contribution is -2.40. The van der Waals surface area contributed by atoms with Crippen LogP contribution in [0.2, 0.25) is 5.15 Å². The van der Waals surface area contributed by atoms with E-state index in [4.69, 9.17) is 11.6 Å². The van der Waals surface area contributed by atoms with Crippen LogP contribution in [0.1, 0.15) is 60.0 Å². The number of anilines is 1. The molecule has 1 aromatic heterocycles. The van der Waals surface area contributed by atoms with Crippen molar-refractivity contribution in [1.29, 1.82) is 0 Å². The Labute approximate surface area is 200 Å². The molecule has 174 valence electrons. The number of benzene rings is 1. The minimum atomic E-state index is -0.302. The van der Waals surface area contributed by atoms with E-state index >= 15 is 0 Å². The Kier molecular flexibility index (Phi) is 7.87. The molecule has 7 heteroatoms. The van der Waals surface area contributed by atoms with Crippen LogP contribution in [-0.2, 0) is 0 Å². The number of halogens is 1. The molecule has 0 unspecified atom stereocenters. The van der Waals surface area contributed by atoms with Gasteiger partial charge in [-0.05, 0) is 74.8 Å². The molecule has 3 N–H and O–H groups in total. The van der Waals surface area contributed by atoms with Crippen LogP contribution in [0.3, 0.4) is 0 Å². The zero-order chi connectivity index (χ0) is 23.2. The van der Waals surface area contributed by atoms with Crippen molar-refractivity contribution in [2.75, 3.05) is 25.0 Å². The minimum Gasteiger partial charge on any atom is -0.396 e. The van der Waals surface area contributed by atoms with E-state index in [0.717, 1.165) is 42.5 Å². The number of rotatable bonds is 4. The number of amides is 1. The van der Waals surface area contributed by atoms with Crippen molar-refractivity contribution in [3.63, 3.8) is 0 Å². The van der Waals surface area contributed by atoms with Crippen molar-refractivity contribution < 1.29 is 15.0 Å². The topological polar surface area (TPSA) is 85.7 Å². The zero-order valence-corrected chi connectivity index (χ0v) is 19.4. The molecule has 2 aromatic rings. The summed E-state index contributed by atoms with van der Waals surface area (Å²) >= 11 is 6.13. The van der Waals surface area contributed by atoms with Crippen LogP contribution in [0, 0.1) is 17.8 Å². The molecular weight excluding hydrogens is 438 g/mol. The van der Waals surface area contributed by atoms with Gasteiger partial charge in [0.25, 0.3) is 5.91 Å². The Bertz CT molecular complexity index is 1020. The second-order valence-corrected chi connectivity index (χ2v) is 9.34. The molecule has 1 aliphatic heterocycles. The Morgan fingerprint density at radius 2 is 1.79 bits per heavy atom. The Morgan fingerprint density at radius 3 is 2.45 bits per heavy atom. The van der Waals surface area contributed by atoms with E-state index in [1.807, 2.05) is 12.1 Å². The molecule has 1 saturated heterocycles. The first kappa shape index (κ1) is 23.6. The largest absolute Gasteiger partial charge is 0.396 e. The van der Waals surface area contributed by atoms with Crippen LogP contribution in [0.15, 0.2) is 36.5 Å². The Hall–Kier alpha value is -2.59. The third-order valence-electron chi connectivity index (χ3n) is 6.56. The van der Waals surface area contributed by atoms with Gasteiger partial charge in [0, 0.05) is 43.1 Å². The summed E-state index contributed by atoms with van der Waals surface area (Å²) in [6.45, 7) is 1.43. The molecule has 0 bridgehead atoms. The lowest BCUT2D eigenvalue weighted by molar-refractivity contribution is 0.0546. The summed E-state index contributed by atoms with van der Waals surface area (Å²) in [6, 6.07) is 9.44. The molecule has 33 heavy (non-hydrogen) atoms. The first-order chi connectivity index (χ1) is 16.0. The number of likely N-dealkylation sites (tertiary alicyclic amines) is 1. The smallest absolute Gasteiger partial charge is 0.253 e. The van der Waals surface area contributed by atoms with Crippen LogP contribution < -0.4 is 5.32 Å². The fraction of sp³-hybridized carbons (Fsp3) is 0.462. The summed E-state index contributed by atoms with van der Waals surface area (Å²) in [6.07, 6.45) is 6.66. The lowest BCUT2D eigenvalue weighted by atomic mass is 9.86. The molecule has 2 heterocycles. The number of hydrogen-bond donors (Lipinski definition) is 3. The maximum absolute atomic E-state index is 12.7. The number of hydrogen-bond acceptors (Lipinski definition) is 5. The van der Waals surface area contributed by atoms with Gasteiger partial charge >= 0.3 is 0 Å². The first-order valence-corrected chi connectivity index (χ1v) is 12.0. The van der Waals surface area contributed by atoms with E-state index in [1.165, 1.54) is 0 Å². The summed E-state index contributed by atoms with van der Waals surface area (Å²) in [5.41, 5.74) is 3.08. The van der Waals surface area contributed by atoms with Gasteiger partial charge < -0.3 is 20.4 Å². The maximum atomic E-state index is 12.7. The number of carbonyl (C=O) groups excluding carboxylic acids is 1. The highest BCUT2D eigenvalue weighted by Gasteiger charge is 2.22. The highest BCUT2D eigenvalue weighted by Crippen LogP contribution is 2.28. The molecule has 4 rings (SSSR count). The Morgan fingerprint density at radius 1 is 1.09 bits per heavy atom. The molecule has 0 atom stereocenters. The highest BCUT2D eigenvalue weighted by atomic mass is 35.5. The van der Waals surface area contributed by atoms with Crippen LogP contribution in [-0.4, -0.2) is 57.8 Å². The van der Waals surface area contributed by atoms with Gasteiger partial charge in [-0.15, -0.1) is 0 Å². The van der Waals surface area contributed by atoms with Crippen LogP contribution in [0.25, 0.3) is 0 Å². The molecule has 1 aliphatic carbocycles. The van der Waals surface area contributed by atoms with Crippen molar-refractivity contribution in [2.24, 2.45) is 5.92 Å². The summed E-state index contributed by atoms with van der Waals surface area (Å²) in [5.74, 6) is 6.74. The first-order valence-electron chi connectivity index (χ1n) is 11.6. The van der Waals surface area contributed by atoms with Gasteiger partial charge in [0.15, 0.2) is 0 Å². The van der Waals surface area contributed by atoms with Crippen molar-refractivity contribution in [2.45, 2.75) is 50.7 Å². The third-order valence-corrected chi connectivity index (χ3v) is 6.77. The van der Waals surface area contributed by atoms with E-state index in [-0.39, 0.29) is 18.6 Å². The van der Waals surface area contributed by atoms with Gasteiger partial charge in [0.05, 0.1) is 17.4 Å². The standard InChI is InChI=1S/C26H30ClN3O3/c27-25-15-24(29-22-9-4-19(17-31)5-10-22)21(16-28-25)8-3-18-1-6-20(7-2-18)26(33)30-13-11-23(32)12-14-30/h1-2,6-7,15-16,19,22-23,31-32H,4-5,9-14,17H2,(H,28,29). The lowest BCUT2D eigenvalue weighted by Gasteiger charge is -2.29. The summed E-state index contributed by atoms with van der Waals surface area (Å²) < 4.78 is 0. The number of carbonyl (C=O) groups is 1. The van der Waals surface area contributed by atoms with Crippen LogP contribution in [0.5, 0.6) is 0 Å².